The summed E-state index contributed by atoms with van der Waals surface area (Å²) in [6, 6.07) is 11.4. The highest BCUT2D eigenvalue weighted by molar-refractivity contribution is 8.00. The molecular weight excluding hydrogens is 290 g/mol. The van der Waals surface area contributed by atoms with Crippen LogP contribution >= 0.6 is 34.7 Å². The number of halogens is 1. The molecule has 18 heavy (non-hydrogen) atoms. The van der Waals surface area contributed by atoms with Gasteiger partial charge in [-0.25, -0.2) is 0 Å². The van der Waals surface area contributed by atoms with E-state index >= 15 is 0 Å². The molecule has 1 heterocycles. The molecule has 0 aliphatic carbocycles. The van der Waals surface area contributed by atoms with Crippen molar-refractivity contribution >= 4 is 40.4 Å². The van der Waals surface area contributed by atoms with E-state index in [-0.39, 0.29) is 15.3 Å². The van der Waals surface area contributed by atoms with Crippen LogP contribution in [0.4, 0.5) is 5.69 Å². The summed E-state index contributed by atoms with van der Waals surface area (Å²) >= 11 is 9.03. The van der Waals surface area contributed by atoms with E-state index in [9.17, 15) is 10.1 Å². The Morgan fingerprint density at radius 3 is 2.72 bits per heavy atom. The van der Waals surface area contributed by atoms with Gasteiger partial charge in [-0.3, -0.25) is 10.1 Å². The van der Waals surface area contributed by atoms with E-state index in [1.807, 2.05) is 30.3 Å². The SMILES string of the molecule is O=[N+]([O-])c1ccsc1[C@H](Cl)SCc1ccccc1. The molecule has 3 nitrogen and oxygen atoms in total. The third kappa shape index (κ3) is 3.25. The van der Waals surface area contributed by atoms with Crippen LogP contribution in [0.2, 0.25) is 0 Å². The molecule has 0 aliphatic rings. The maximum atomic E-state index is 10.8. The van der Waals surface area contributed by atoms with Gasteiger partial charge in [-0.1, -0.05) is 30.3 Å². The molecule has 0 radical (unpaired) electrons. The molecule has 2 rings (SSSR count). The zero-order valence-electron chi connectivity index (χ0n) is 9.28. The Hall–Kier alpha value is -1.04. The van der Waals surface area contributed by atoms with E-state index in [2.05, 4.69) is 0 Å². The number of alkyl halides is 1. The number of hydrogen-bond donors (Lipinski definition) is 0. The zero-order chi connectivity index (χ0) is 13.0. The monoisotopic (exact) mass is 299 g/mol. The van der Waals surface area contributed by atoms with Gasteiger partial charge in [0.2, 0.25) is 0 Å². The second-order valence-electron chi connectivity index (χ2n) is 3.54. The molecule has 0 fully saturated rings. The highest BCUT2D eigenvalue weighted by Crippen LogP contribution is 2.42. The lowest BCUT2D eigenvalue weighted by molar-refractivity contribution is -0.385. The van der Waals surface area contributed by atoms with Crippen LogP contribution < -0.4 is 0 Å². The van der Waals surface area contributed by atoms with Crippen molar-refractivity contribution in [3.05, 3.63) is 62.3 Å². The second-order valence-corrected chi connectivity index (χ2v) is 6.28. The quantitative estimate of drug-likeness (QED) is 0.451. The molecule has 0 bridgehead atoms. The maximum Gasteiger partial charge on any atom is 0.285 e. The lowest BCUT2D eigenvalue weighted by atomic mass is 10.2. The van der Waals surface area contributed by atoms with Crippen LogP contribution in [0, 0.1) is 10.1 Å². The smallest absolute Gasteiger partial charge is 0.258 e. The molecule has 0 unspecified atom stereocenters. The molecule has 6 heteroatoms. The van der Waals surface area contributed by atoms with Crippen LogP contribution in [0.15, 0.2) is 41.8 Å². The summed E-state index contributed by atoms with van der Waals surface area (Å²) in [5.41, 5.74) is 1.27. The Balaban J connectivity index is 2.02. The predicted molar refractivity (Wildman–Crippen MR) is 77.3 cm³/mol. The van der Waals surface area contributed by atoms with Crippen molar-refractivity contribution < 1.29 is 4.92 Å². The topological polar surface area (TPSA) is 43.1 Å². The van der Waals surface area contributed by atoms with Gasteiger partial charge in [-0.2, -0.15) is 0 Å². The summed E-state index contributed by atoms with van der Waals surface area (Å²) in [5.74, 6) is 0.740. The standard InChI is InChI=1S/C12H10ClNO2S2/c13-12(11-10(14(15)16)6-7-17-11)18-8-9-4-2-1-3-5-9/h1-7,12H,8H2/t12-/m1/s1. The fourth-order valence-corrected chi connectivity index (χ4v) is 3.80. The molecule has 2 aromatic rings. The minimum absolute atomic E-state index is 0.112. The lowest BCUT2D eigenvalue weighted by Crippen LogP contribution is -1.91. The molecule has 94 valence electrons. The van der Waals surface area contributed by atoms with Crippen molar-refractivity contribution in [3.8, 4) is 0 Å². The van der Waals surface area contributed by atoms with Crippen molar-refractivity contribution in [2.75, 3.05) is 0 Å². The van der Waals surface area contributed by atoms with Crippen molar-refractivity contribution in [1.29, 1.82) is 0 Å². The van der Waals surface area contributed by atoms with E-state index in [4.69, 9.17) is 11.6 Å². The molecule has 0 spiro atoms. The molecule has 1 aromatic heterocycles. The van der Waals surface area contributed by atoms with Crippen LogP contribution in [0.5, 0.6) is 0 Å². The molecule has 0 saturated carbocycles. The largest absolute Gasteiger partial charge is 0.285 e. The van der Waals surface area contributed by atoms with Gasteiger partial charge in [0.25, 0.3) is 5.69 Å². The first kappa shape index (κ1) is 13.4. The summed E-state index contributed by atoms with van der Waals surface area (Å²) < 4.78 is -0.384. The molecule has 0 saturated heterocycles. The zero-order valence-corrected chi connectivity index (χ0v) is 11.7. The average Bonchev–Trinajstić information content (AvgIpc) is 2.86. The molecule has 0 amide bonds. The van der Waals surface area contributed by atoms with Crippen LogP contribution in [0.1, 0.15) is 15.1 Å². The normalized spacial score (nSPS) is 12.3. The summed E-state index contributed by atoms with van der Waals surface area (Å²) in [7, 11) is 0. The summed E-state index contributed by atoms with van der Waals surface area (Å²) in [5, 5.41) is 12.5. The fraction of sp³-hybridized carbons (Fsp3) is 0.167. The number of rotatable bonds is 5. The van der Waals surface area contributed by atoms with Crippen molar-refractivity contribution in [2.24, 2.45) is 0 Å². The lowest BCUT2D eigenvalue weighted by Gasteiger charge is -2.07. The Bertz CT molecular complexity index is 530. The van der Waals surface area contributed by atoms with Crippen molar-refractivity contribution in [2.45, 2.75) is 10.5 Å². The first-order valence-corrected chi connectivity index (χ1v) is 7.56. The van der Waals surface area contributed by atoms with Gasteiger partial charge < -0.3 is 0 Å². The minimum Gasteiger partial charge on any atom is -0.258 e. The van der Waals surface area contributed by atoms with Gasteiger partial charge >= 0.3 is 0 Å². The van der Waals surface area contributed by atoms with Gasteiger partial charge in [0.05, 0.1) is 4.92 Å². The maximum absolute atomic E-state index is 10.8. The Morgan fingerprint density at radius 1 is 1.33 bits per heavy atom. The van der Waals surface area contributed by atoms with Crippen molar-refractivity contribution in [3.63, 3.8) is 0 Å². The fourth-order valence-electron chi connectivity index (χ4n) is 1.45. The summed E-state index contributed by atoms with van der Waals surface area (Å²) in [4.78, 5) is 11.0. The van der Waals surface area contributed by atoms with E-state index in [0.717, 1.165) is 11.3 Å². The predicted octanol–water partition coefficient (Wildman–Crippen LogP) is 4.83. The number of thioether (sulfide) groups is 1. The molecule has 0 aliphatic heterocycles. The molecule has 1 atom stereocenters. The van der Waals surface area contributed by atoms with Gasteiger partial charge in [-0.15, -0.1) is 34.7 Å². The molecule has 0 N–H and O–H groups in total. The Kier molecular flexibility index (Phi) is 4.63. The number of thiophene rings is 1. The van der Waals surface area contributed by atoms with Gasteiger partial charge in [0, 0.05) is 11.8 Å². The summed E-state index contributed by atoms with van der Waals surface area (Å²) in [6.45, 7) is 0. The number of hydrogen-bond acceptors (Lipinski definition) is 4. The van der Waals surface area contributed by atoms with Crippen molar-refractivity contribution in [1.82, 2.24) is 0 Å². The highest BCUT2D eigenvalue weighted by atomic mass is 35.5. The Labute approximate surface area is 118 Å². The third-order valence-electron chi connectivity index (χ3n) is 2.32. The molecular formula is C12H10ClNO2S2. The highest BCUT2D eigenvalue weighted by Gasteiger charge is 2.22. The number of nitrogens with zero attached hydrogens (tertiary/aromatic N) is 1. The van der Waals surface area contributed by atoms with E-state index in [1.165, 1.54) is 29.2 Å². The van der Waals surface area contributed by atoms with Gasteiger partial charge in [0.1, 0.15) is 9.59 Å². The minimum atomic E-state index is -0.385. The molecule has 1 aromatic carbocycles. The first-order valence-electron chi connectivity index (χ1n) is 5.20. The summed E-state index contributed by atoms with van der Waals surface area (Å²) in [6.07, 6.45) is 0. The average molecular weight is 300 g/mol. The number of nitro groups is 1. The van der Waals surface area contributed by atoms with E-state index < -0.39 is 0 Å². The third-order valence-corrected chi connectivity index (χ3v) is 5.19. The Morgan fingerprint density at radius 2 is 2.06 bits per heavy atom. The van der Waals surface area contributed by atoms with Gasteiger partial charge in [0.15, 0.2) is 0 Å². The van der Waals surface area contributed by atoms with Gasteiger partial charge in [-0.05, 0) is 10.9 Å². The van der Waals surface area contributed by atoms with Crippen LogP contribution in [-0.4, -0.2) is 4.92 Å². The second kappa shape index (κ2) is 6.22. The van der Waals surface area contributed by atoms with E-state index in [0.29, 0.717) is 4.88 Å². The van der Waals surface area contributed by atoms with Crippen LogP contribution in [0.3, 0.4) is 0 Å². The van der Waals surface area contributed by atoms with Crippen LogP contribution in [-0.2, 0) is 5.75 Å². The van der Waals surface area contributed by atoms with E-state index in [1.54, 1.807) is 5.38 Å². The first-order chi connectivity index (χ1) is 8.68. The number of benzene rings is 1. The van der Waals surface area contributed by atoms with Crippen LogP contribution in [0.25, 0.3) is 0 Å².